The molecule has 10 heteroatoms. The van der Waals surface area contributed by atoms with Gasteiger partial charge in [-0.15, -0.1) is 6.58 Å². The fourth-order valence-electron chi connectivity index (χ4n) is 3.56. The molecule has 180 valence electrons. The maximum atomic E-state index is 12.7. The number of aromatic nitrogens is 2. The number of carbonyl (C=O) groups excluding carboxylic acids is 2. The predicted molar refractivity (Wildman–Crippen MR) is 132 cm³/mol. The van der Waals surface area contributed by atoms with Crippen LogP contribution >= 0.6 is 0 Å². The molecule has 1 aromatic heterocycles. The third-order valence-corrected chi connectivity index (χ3v) is 7.13. The Bertz CT molecular complexity index is 1330. The van der Waals surface area contributed by atoms with Crippen molar-refractivity contribution in [1.29, 1.82) is 0 Å². The van der Waals surface area contributed by atoms with E-state index in [9.17, 15) is 18.0 Å². The number of benzene rings is 2. The van der Waals surface area contributed by atoms with Crippen LogP contribution in [-0.2, 0) is 27.8 Å². The first-order chi connectivity index (χ1) is 16.2. The first kappa shape index (κ1) is 25.1. The van der Waals surface area contributed by atoms with Crippen molar-refractivity contribution in [3.05, 3.63) is 66.5 Å². The van der Waals surface area contributed by atoms with Crippen molar-refractivity contribution in [2.24, 2.45) is 0 Å². The molecule has 3 aromatic rings. The Kier molecular flexibility index (Phi) is 7.85. The smallest absolute Gasteiger partial charge is 0.253 e. The highest BCUT2D eigenvalue weighted by Crippen LogP contribution is 2.23. The minimum atomic E-state index is -3.57. The topological polar surface area (TPSA) is 113 Å². The van der Waals surface area contributed by atoms with E-state index in [1.807, 2.05) is 11.5 Å². The molecule has 0 atom stereocenters. The zero-order valence-corrected chi connectivity index (χ0v) is 20.4. The van der Waals surface area contributed by atoms with Crippen molar-refractivity contribution in [1.82, 2.24) is 19.2 Å². The molecule has 2 aromatic carbocycles. The Hall–Kier alpha value is -3.50. The summed E-state index contributed by atoms with van der Waals surface area (Å²) in [6, 6.07) is 11.7. The number of para-hydroxylation sites is 1. The number of aryl methyl sites for hydroxylation is 2. The summed E-state index contributed by atoms with van der Waals surface area (Å²) in [6.45, 7) is 6.50. The van der Waals surface area contributed by atoms with Crippen LogP contribution in [0.4, 0.5) is 5.69 Å². The zero-order chi connectivity index (χ0) is 24.9. The van der Waals surface area contributed by atoms with E-state index in [-0.39, 0.29) is 23.1 Å². The minimum Gasteiger partial charge on any atom is -0.349 e. The summed E-state index contributed by atoms with van der Waals surface area (Å²) in [7, 11) is -0.611. The van der Waals surface area contributed by atoms with Crippen molar-refractivity contribution in [2.75, 3.05) is 26.0 Å². The van der Waals surface area contributed by atoms with E-state index in [0.29, 0.717) is 42.1 Å². The lowest BCUT2D eigenvalue weighted by Crippen LogP contribution is -2.25. The molecule has 0 unspecified atom stereocenters. The molecule has 0 saturated heterocycles. The van der Waals surface area contributed by atoms with Gasteiger partial charge in [-0.2, -0.15) is 0 Å². The van der Waals surface area contributed by atoms with Crippen LogP contribution in [0.3, 0.4) is 0 Å². The average Bonchev–Trinajstić information content (AvgIpc) is 3.18. The third-order valence-electron chi connectivity index (χ3n) is 5.32. The van der Waals surface area contributed by atoms with Gasteiger partial charge in [0.15, 0.2) is 0 Å². The zero-order valence-electron chi connectivity index (χ0n) is 19.5. The summed E-state index contributed by atoms with van der Waals surface area (Å²) in [5.41, 5.74) is 2.16. The van der Waals surface area contributed by atoms with E-state index >= 15 is 0 Å². The molecular formula is C24H29N5O4S. The molecular weight excluding hydrogens is 454 g/mol. The van der Waals surface area contributed by atoms with Gasteiger partial charge in [0.25, 0.3) is 5.91 Å². The number of hydrogen-bond acceptors (Lipinski definition) is 5. The van der Waals surface area contributed by atoms with E-state index in [1.54, 1.807) is 48.5 Å². The molecule has 34 heavy (non-hydrogen) atoms. The summed E-state index contributed by atoms with van der Waals surface area (Å²) < 4.78 is 28.1. The van der Waals surface area contributed by atoms with E-state index in [0.717, 1.165) is 9.82 Å². The van der Waals surface area contributed by atoms with Crippen LogP contribution < -0.4 is 10.6 Å². The van der Waals surface area contributed by atoms with Gasteiger partial charge >= 0.3 is 0 Å². The van der Waals surface area contributed by atoms with Crippen LogP contribution in [0.15, 0.2) is 60.0 Å². The van der Waals surface area contributed by atoms with Gasteiger partial charge in [-0.1, -0.05) is 18.2 Å². The second kappa shape index (κ2) is 10.6. The Morgan fingerprint density at radius 2 is 1.91 bits per heavy atom. The number of hydrogen-bond donors (Lipinski definition) is 2. The molecule has 1 heterocycles. The molecule has 0 fully saturated rings. The highest BCUT2D eigenvalue weighted by Gasteiger charge is 2.20. The predicted octanol–water partition coefficient (Wildman–Crippen LogP) is 2.79. The number of rotatable bonds is 10. The van der Waals surface area contributed by atoms with Crippen LogP contribution in [0.2, 0.25) is 0 Å². The summed E-state index contributed by atoms with van der Waals surface area (Å²) >= 11 is 0. The van der Waals surface area contributed by atoms with Crippen molar-refractivity contribution in [3.63, 3.8) is 0 Å². The highest BCUT2D eigenvalue weighted by atomic mass is 32.2. The van der Waals surface area contributed by atoms with Gasteiger partial charge in [-0.25, -0.2) is 17.7 Å². The molecule has 0 aliphatic carbocycles. The van der Waals surface area contributed by atoms with Crippen LogP contribution in [0.5, 0.6) is 0 Å². The van der Waals surface area contributed by atoms with E-state index in [1.165, 1.54) is 14.1 Å². The van der Waals surface area contributed by atoms with Crippen molar-refractivity contribution in [3.8, 4) is 0 Å². The van der Waals surface area contributed by atoms with E-state index < -0.39 is 10.0 Å². The molecule has 2 N–H and O–H groups in total. The average molecular weight is 484 g/mol. The van der Waals surface area contributed by atoms with Crippen molar-refractivity contribution >= 4 is 38.6 Å². The fraction of sp³-hybridized carbons (Fsp3) is 0.292. The molecule has 3 rings (SSSR count). The van der Waals surface area contributed by atoms with Crippen LogP contribution in [0, 0.1) is 0 Å². The molecule has 0 aliphatic heterocycles. The van der Waals surface area contributed by atoms with Gasteiger partial charge in [0.05, 0.1) is 27.2 Å². The van der Waals surface area contributed by atoms with Gasteiger partial charge in [0.1, 0.15) is 5.82 Å². The van der Waals surface area contributed by atoms with Crippen LogP contribution in [0.25, 0.3) is 11.0 Å². The van der Waals surface area contributed by atoms with Gasteiger partial charge in [0, 0.05) is 40.0 Å². The second-order valence-electron chi connectivity index (χ2n) is 7.80. The number of fused-ring (bicyclic) bond motifs is 1. The number of anilines is 1. The number of imidazole rings is 1. The molecule has 0 saturated carbocycles. The third kappa shape index (κ3) is 5.35. The highest BCUT2D eigenvalue weighted by molar-refractivity contribution is 7.89. The molecule has 0 spiro atoms. The molecule has 0 radical (unpaired) electrons. The Morgan fingerprint density at radius 1 is 1.18 bits per heavy atom. The maximum Gasteiger partial charge on any atom is 0.253 e. The standard InChI is InChI=1S/C24H29N5O4S/c1-5-15-25-24(31)18-9-7-8-10-19(18)27-23(30)14-13-22-26-20-16-17(34(32,33)28(3)4)11-12-21(20)29(22)6-2/h5,7-12,16H,1,6,13-15H2,2-4H3,(H,25,31)(H,27,30). The fourth-order valence-corrected chi connectivity index (χ4v) is 4.48. The quantitative estimate of drug-likeness (QED) is 0.431. The number of sulfonamides is 1. The lowest BCUT2D eigenvalue weighted by molar-refractivity contribution is -0.116. The monoisotopic (exact) mass is 483 g/mol. The molecule has 2 amide bonds. The van der Waals surface area contributed by atoms with Gasteiger partial charge < -0.3 is 15.2 Å². The molecule has 0 aliphatic rings. The number of nitrogens with one attached hydrogen (secondary N) is 2. The number of amides is 2. The Balaban J connectivity index is 1.77. The van der Waals surface area contributed by atoms with E-state index in [4.69, 9.17) is 0 Å². The Labute approximate surface area is 199 Å². The summed E-state index contributed by atoms with van der Waals surface area (Å²) in [5, 5.41) is 5.51. The largest absolute Gasteiger partial charge is 0.349 e. The number of nitrogens with zero attached hydrogens (tertiary/aromatic N) is 3. The van der Waals surface area contributed by atoms with Gasteiger partial charge in [-0.05, 0) is 37.3 Å². The van der Waals surface area contributed by atoms with Crippen molar-refractivity contribution in [2.45, 2.75) is 31.2 Å². The van der Waals surface area contributed by atoms with Gasteiger partial charge in [0.2, 0.25) is 15.9 Å². The lowest BCUT2D eigenvalue weighted by Gasteiger charge is -2.11. The van der Waals surface area contributed by atoms with Crippen LogP contribution in [0.1, 0.15) is 29.5 Å². The summed E-state index contributed by atoms with van der Waals surface area (Å²) in [4.78, 5) is 29.8. The van der Waals surface area contributed by atoms with Gasteiger partial charge in [-0.3, -0.25) is 9.59 Å². The lowest BCUT2D eigenvalue weighted by atomic mass is 10.1. The minimum absolute atomic E-state index is 0.148. The van der Waals surface area contributed by atoms with Crippen molar-refractivity contribution < 1.29 is 18.0 Å². The first-order valence-corrected chi connectivity index (χ1v) is 12.3. The molecule has 0 bridgehead atoms. The SMILES string of the molecule is C=CCNC(=O)c1ccccc1NC(=O)CCc1nc2cc(S(=O)(=O)N(C)C)ccc2n1CC. The van der Waals surface area contributed by atoms with E-state index in [2.05, 4.69) is 22.2 Å². The first-order valence-electron chi connectivity index (χ1n) is 10.9. The summed E-state index contributed by atoms with van der Waals surface area (Å²) in [5.74, 6) is 0.130. The number of carbonyl (C=O) groups is 2. The second-order valence-corrected chi connectivity index (χ2v) is 9.95. The normalized spacial score (nSPS) is 11.5. The Morgan fingerprint density at radius 3 is 2.59 bits per heavy atom. The summed E-state index contributed by atoms with van der Waals surface area (Å²) in [6.07, 6.45) is 2.08. The van der Waals surface area contributed by atoms with Crippen LogP contribution in [-0.4, -0.2) is 54.7 Å². The molecule has 9 nitrogen and oxygen atoms in total. The maximum absolute atomic E-state index is 12.7.